The number of sulfonamides is 1. The largest absolute Gasteiger partial charge is 0.493 e. The Morgan fingerprint density at radius 1 is 1.00 bits per heavy atom. The third-order valence-corrected chi connectivity index (χ3v) is 8.85. The topological polar surface area (TPSA) is 103 Å². The van der Waals surface area contributed by atoms with Gasteiger partial charge in [-0.3, -0.25) is 4.79 Å². The van der Waals surface area contributed by atoms with Crippen molar-refractivity contribution in [2.24, 2.45) is 0 Å². The Bertz CT molecular complexity index is 1450. The molecule has 1 aliphatic heterocycles. The molecule has 0 unspecified atom stereocenters. The summed E-state index contributed by atoms with van der Waals surface area (Å²) in [6, 6.07) is 12.2. The minimum absolute atomic E-state index is 0.0871. The second-order valence-electron chi connectivity index (χ2n) is 9.01. The van der Waals surface area contributed by atoms with E-state index >= 15 is 0 Å². The highest BCUT2D eigenvalue weighted by atomic mass is 35.5. The first kappa shape index (κ1) is 27.7. The van der Waals surface area contributed by atoms with Crippen molar-refractivity contribution in [3.63, 3.8) is 0 Å². The van der Waals surface area contributed by atoms with Crippen molar-refractivity contribution in [2.75, 3.05) is 45.3 Å². The maximum Gasteiger partial charge on any atom is 0.316 e. The first-order chi connectivity index (χ1) is 18.1. The normalized spacial score (nSPS) is 14.5. The van der Waals surface area contributed by atoms with Gasteiger partial charge in [-0.15, -0.1) is 0 Å². The average molecular weight is 563 g/mol. The molecule has 10 nitrogen and oxygen atoms in total. The van der Waals surface area contributed by atoms with E-state index in [2.05, 4.69) is 5.10 Å². The summed E-state index contributed by atoms with van der Waals surface area (Å²) in [5.74, 6) is 1.23. The predicted octanol–water partition coefficient (Wildman–Crippen LogP) is 3.34. The molecule has 2 aromatic carbocycles. The van der Waals surface area contributed by atoms with Gasteiger partial charge >= 0.3 is 5.56 Å². The number of anilines is 1. The van der Waals surface area contributed by atoms with Gasteiger partial charge in [-0.25, -0.2) is 8.42 Å². The van der Waals surface area contributed by atoms with Gasteiger partial charge in [0.2, 0.25) is 15.8 Å². The summed E-state index contributed by atoms with van der Waals surface area (Å²) < 4.78 is 44.8. The minimum Gasteiger partial charge on any atom is -0.493 e. The Labute approximate surface area is 227 Å². The molecule has 0 spiro atoms. The van der Waals surface area contributed by atoms with E-state index in [9.17, 15) is 13.2 Å². The van der Waals surface area contributed by atoms with E-state index < -0.39 is 20.8 Å². The van der Waals surface area contributed by atoms with Crippen molar-refractivity contribution in [3.8, 4) is 22.9 Å². The summed E-state index contributed by atoms with van der Waals surface area (Å²) in [6.45, 7) is 4.80. The molecule has 0 radical (unpaired) electrons. The SMILES string of the molecule is COc1ccc(COc2c(N3CCN(S(=O)(=O)C(C)C)CC3)cnn(-c3cccc(Cl)c3)c2=O)cc1OC. The molecule has 0 amide bonds. The van der Waals surface area contributed by atoms with Gasteiger partial charge < -0.3 is 19.1 Å². The number of aromatic nitrogens is 2. The maximum atomic E-state index is 13.7. The third-order valence-electron chi connectivity index (χ3n) is 6.33. The van der Waals surface area contributed by atoms with Gasteiger partial charge in [-0.1, -0.05) is 23.7 Å². The molecule has 0 bridgehead atoms. The molecule has 0 atom stereocenters. The zero-order chi connectivity index (χ0) is 27.4. The molecule has 0 saturated carbocycles. The quantitative estimate of drug-likeness (QED) is 0.391. The summed E-state index contributed by atoms with van der Waals surface area (Å²) in [4.78, 5) is 15.6. The lowest BCUT2D eigenvalue weighted by atomic mass is 10.2. The lowest BCUT2D eigenvalue weighted by Gasteiger charge is -2.36. The fourth-order valence-electron chi connectivity index (χ4n) is 4.19. The van der Waals surface area contributed by atoms with Gasteiger partial charge in [-0.05, 0) is 49.7 Å². The number of hydrogen-bond donors (Lipinski definition) is 0. The highest BCUT2D eigenvalue weighted by Crippen LogP contribution is 2.30. The van der Waals surface area contributed by atoms with Crippen LogP contribution in [0.15, 0.2) is 53.5 Å². The van der Waals surface area contributed by atoms with Gasteiger partial charge in [0.1, 0.15) is 12.3 Å². The summed E-state index contributed by atoms with van der Waals surface area (Å²) in [6.07, 6.45) is 1.57. The van der Waals surface area contributed by atoms with E-state index in [1.54, 1.807) is 70.7 Å². The highest BCUT2D eigenvalue weighted by molar-refractivity contribution is 7.89. The molecule has 1 saturated heterocycles. The third kappa shape index (κ3) is 5.74. The molecule has 1 aromatic heterocycles. The van der Waals surface area contributed by atoms with E-state index in [-0.39, 0.29) is 12.4 Å². The van der Waals surface area contributed by atoms with Crippen LogP contribution < -0.4 is 24.7 Å². The van der Waals surface area contributed by atoms with E-state index in [0.717, 1.165) is 5.56 Å². The number of nitrogens with zero attached hydrogens (tertiary/aromatic N) is 4. The van der Waals surface area contributed by atoms with Crippen LogP contribution in [0.4, 0.5) is 5.69 Å². The molecular weight excluding hydrogens is 532 g/mol. The van der Waals surface area contributed by atoms with Crippen LogP contribution in [-0.2, 0) is 16.6 Å². The van der Waals surface area contributed by atoms with Crippen molar-refractivity contribution < 1.29 is 22.6 Å². The van der Waals surface area contributed by atoms with Crippen molar-refractivity contribution in [2.45, 2.75) is 25.7 Å². The molecule has 0 aliphatic carbocycles. The van der Waals surface area contributed by atoms with Gasteiger partial charge in [-0.2, -0.15) is 14.1 Å². The van der Waals surface area contributed by atoms with E-state index in [1.165, 1.54) is 8.99 Å². The molecular formula is C26H31ClN4O6S. The second-order valence-corrected chi connectivity index (χ2v) is 11.9. The number of piperazine rings is 1. The van der Waals surface area contributed by atoms with E-state index in [0.29, 0.717) is 54.1 Å². The maximum absolute atomic E-state index is 13.7. The molecule has 3 aromatic rings. The number of hydrogen-bond acceptors (Lipinski definition) is 8. The summed E-state index contributed by atoms with van der Waals surface area (Å²) >= 11 is 6.15. The first-order valence-corrected chi connectivity index (χ1v) is 14.0. The Balaban J connectivity index is 1.67. The molecule has 2 heterocycles. The van der Waals surface area contributed by atoms with E-state index in [1.807, 2.05) is 11.0 Å². The van der Waals surface area contributed by atoms with Crippen LogP contribution in [0.25, 0.3) is 5.69 Å². The van der Waals surface area contributed by atoms with Gasteiger partial charge in [0.05, 0.1) is 31.4 Å². The van der Waals surface area contributed by atoms with Crippen LogP contribution in [0, 0.1) is 0 Å². The molecule has 38 heavy (non-hydrogen) atoms. The zero-order valence-corrected chi connectivity index (χ0v) is 23.3. The van der Waals surface area contributed by atoms with Crippen LogP contribution >= 0.6 is 11.6 Å². The number of benzene rings is 2. The Hall–Kier alpha value is -3.28. The smallest absolute Gasteiger partial charge is 0.316 e. The monoisotopic (exact) mass is 562 g/mol. The summed E-state index contributed by atoms with van der Waals surface area (Å²) in [5.41, 5.74) is 1.31. The van der Waals surface area contributed by atoms with Crippen LogP contribution in [-0.4, -0.2) is 68.2 Å². The number of ether oxygens (including phenoxy) is 3. The van der Waals surface area contributed by atoms with Gasteiger partial charge in [0.15, 0.2) is 11.5 Å². The zero-order valence-electron chi connectivity index (χ0n) is 21.8. The predicted molar refractivity (Wildman–Crippen MR) is 147 cm³/mol. The Kier molecular flexibility index (Phi) is 8.49. The van der Waals surface area contributed by atoms with Crippen molar-refractivity contribution in [1.82, 2.24) is 14.1 Å². The number of rotatable bonds is 9. The highest BCUT2D eigenvalue weighted by Gasteiger charge is 2.31. The Morgan fingerprint density at radius 2 is 1.71 bits per heavy atom. The molecule has 0 N–H and O–H groups in total. The fourth-order valence-corrected chi connectivity index (χ4v) is 5.64. The fraction of sp³-hybridized carbons (Fsp3) is 0.385. The van der Waals surface area contributed by atoms with Gasteiger partial charge in [0, 0.05) is 31.2 Å². The lowest BCUT2D eigenvalue weighted by molar-refractivity contribution is 0.295. The molecule has 1 aliphatic rings. The van der Waals surface area contributed by atoms with Crippen molar-refractivity contribution >= 4 is 27.3 Å². The van der Waals surface area contributed by atoms with Crippen molar-refractivity contribution in [1.29, 1.82) is 0 Å². The molecule has 12 heteroatoms. The second kappa shape index (κ2) is 11.6. The average Bonchev–Trinajstić information content (AvgIpc) is 2.92. The standard InChI is InChI=1S/C26H31ClN4O6S/c1-18(2)38(33,34)30-12-10-29(11-13-30)22-16-28-31(21-7-5-6-20(27)15-21)26(32)25(22)37-17-19-8-9-23(35-3)24(14-19)36-4/h5-9,14-16,18H,10-13,17H2,1-4H3. The van der Waals surface area contributed by atoms with Gasteiger partial charge in [0.25, 0.3) is 0 Å². The van der Waals surface area contributed by atoms with Crippen LogP contribution in [0.3, 0.4) is 0 Å². The van der Waals surface area contributed by atoms with Crippen LogP contribution in [0.1, 0.15) is 19.4 Å². The number of methoxy groups -OCH3 is 2. The summed E-state index contributed by atoms with van der Waals surface area (Å²) in [7, 11) is -0.265. The summed E-state index contributed by atoms with van der Waals surface area (Å²) in [5, 5.41) is 4.35. The first-order valence-electron chi connectivity index (χ1n) is 12.1. The van der Waals surface area contributed by atoms with Crippen molar-refractivity contribution in [3.05, 3.63) is 69.6 Å². The minimum atomic E-state index is -3.37. The Morgan fingerprint density at radius 3 is 2.34 bits per heavy atom. The molecule has 1 fully saturated rings. The molecule has 204 valence electrons. The van der Waals surface area contributed by atoms with Crippen LogP contribution in [0.5, 0.6) is 17.2 Å². The number of halogens is 1. The molecule has 4 rings (SSSR count). The van der Waals surface area contributed by atoms with E-state index in [4.69, 9.17) is 25.8 Å². The van der Waals surface area contributed by atoms with Crippen LogP contribution in [0.2, 0.25) is 5.02 Å². The lowest BCUT2D eigenvalue weighted by Crippen LogP contribution is -2.50.